The maximum absolute atomic E-state index is 12.0. The van der Waals surface area contributed by atoms with E-state index in [1.165, 1.54) is 0 Å². The van der Waals surface area contributed by atoms with Crippen LogP contribution in [0.2, 0.25) is 0 Å². The van der Waals surface area contributed by atoms with Crippen molar-refractivity contribution in [3.05, 3.63) is 0 Å². The smallest absolute Gasteiger partial charge is 0.311 e. The highest BCUT2D eigenvalue weighted by Gasteiger charge is 2.34. The van der Waals surface area contributed by atoms with E-state index in [1.54, 1.807) is 20.8 Å². The normalized spacial score (nSPS) is 19.3. The van der Waals surface area contributed by atoms with Crippen LogP contribution in [0.25, 0.3) is 0 Å². The summed E-state index contributed by atoms with van der Waals surface area (Å²) in [6, 6.07) is 0. The number of hydrogen-bond acceptors (Lipinski definition) is 5. The Morgan fingerprint density at radius 2 is 2.00 bits per heavy atom. The summed E-state index contributed by atoms with van der Waals surface area (Å²) in [5, 5.41) is 0. The Hall–Kier alpha value is -1.10. The monoisotopic (exact) mass is 286 g/mol. The van der Waals surface area contributed by atoms with Gasteiger partial charge in [-0.25, -0.2) is 0 Å². The van der Waals surface area contributed by atoms with Gasteiger partial charge in [-0.05, 0) is 26.7 Å². The van der Waals surface area contributed by atoms with Gasteiger partial charge in [0.25, 0.3) is 0 Å². The summed E-state index contributed by atoms with van der Waals surface area (Å²) < 4.78 is 15.3. The molecule has 0 aromatic rings. The molecule has 0 aromatic carbocycles. The van der Waals surface area contributed by atoms with E-state index in [0.717, 1.165) is 12.8 Å². The highest BCUT2D eigenvalue weighted by atomic mass is 16.6. The molecule has 5 nitrogen and oxygen atoms in total. The second kappa shape index (κ2) is 7.62. The van der Waals surface area contributed by atoms with Gasteiger partial charge in [-0.3, -0.25) is 9.59 Å². The molecule has 1 rings (SSSR count). The Bertz CT molecular complexity index is 333. The Balaban J connectivity index is 2.33. The van der Waals surface area contributed by atoms with Crippen LogP contribution in [0.4, 0.5) is 0 Å². The second-order valence-corrected chi connectivity index (χ2v) is 6.06. The van der Waals surface area contributed by atoms with Gasteiger partial charge in [-0.1, -0.05) is 20.3 Å². The average molecular weight is 286 g/mol. The van der Waals surface area contributed by atoms with Crippen molar-refractivity contribution >= 4 is 11.9 Å². The highest BCUT2D eigenvalue weighted by molar-refractivity contribution is 5.78. The zero-order valence-corrected chi connectivity index (χ0v) is 12.9. The van der Waals surface area contributed by atoms with Crippen molar-refractivity contribution in [2.75, 3.05) is 19.8 Å². The fourth-order valence-electron chi connectivity index (χ4n) is 1.92. The molecule has 0 aromatic heterocycles. The summed E-state index contributed by atoms with van der Waals surface area (Å²) in [7, 11) is 0. The van der Waals surface area contributed by atoms with Gasteiger partial charge in [-0.15, -0.1) is 0 Å². The van der Waals surface area contributed by atoms with Crippen molar-refractivity contribution in [3.63, 3.8) is 0 Å². The van der Waals surface area contributed by atoms with Crippen LogP contribution in [0.5, 0.6) is 0 Å². The van der Waals surface area contributed by atoms with E-state index < -0.39 is 5.41 Å². The van der Waals surface area contributed by atoms with Crippen molar-refractivity contribution < 1.29 is 23.8 Å². The topological polar surface area (TPSA) is 65.1 Å². The maximum Gasteiger partial charge on any atom is 0.311 e. The van der Waals surface area contributed by atoms with Crippen LogP contribution in [0, 0.1) is 11.3 Å². The number of rotatable bonds is 9. The van der Waals surface area contributed by atoms with Crippen LogP contribution in [0.15, 0.2) is 0 Å². The van der Waals surface area contributed by atoms with E-state index in [0.29, 0.717) is 26.2 Å². The minimum Gasteiger partial charge on any atom is -0.465 e. The Kier molecular flexibility index (Phi) is 6.46. The van der Waals surface area contributed by atoms with Crippen LogP contribution >= 0.6 is 0 Å². The van der Waals surface area contributed by atoms with Crippen molar-refractivity contribution in [3.8, 4) is 0 Å². The molecule has 5 heteroatoms. The fourth-order valence-corrected chi connectivity index (χ4v) is 1.92. The van der Waals surface area contributed by atoms with E-state index in [9.17, 15) is 9.59 Å². The van der Waals surface area contributed by atoms with Crippen LogP contribution in [-0.2, 0) is 23.8 Å². The maximum atomic E-state index is 12.0. The number of carbonyl (C=O) groups excluding carboxylic acids is 2. The average Bonchev–Trinajstić information content (AvgIpc) is 3.19. The fraction of sp³-hybridized carbons (Fsp3) is 0.867. The van der Waals surface area contributed by atoms with Crippen LogP contribution < -0.4 is 0 Å². The summed E-state index contributed by atoms with van der Waals surface area (Å²) in [6.07, 6.45) is 2.33. The van der Waals surface area contributed by atoms with E-state index >= 15 is 0 Å². The first kappa shape index (κ1) is 17.0. The molecule has 0 saturated carbocycles. The summed E-state index contributed by atoms with van der Waals surface area (Å²) in [5.74, 6) is -0.867. The molecule has 0 N–H and O–H groups in total. The molecule has 2 unspecified atom stereocenters. The number of carbonyl (C=O) groups is 2. The van der Waals surface area contributed by atoms with Gasteiger partial charge in [0.1, 0.15) is 12.7 Å². The third kappa shape index (κ3) is 5.90. The molecule has 0 aliphatic carbocycles. The summed E-state index contributed by atoms with van der Waals surface area (Å²) in [4.78, 5) is 23.8. The molecule has 20 heavy (non-hydrogen) atoms. The minimum atomic E-state index is -0.678. The van der Waals surface area contributed by atoms with Crippen LogP contribution in [0.3, 0.4) is 0 Å². The molecule has 1 aliphatic rings. The van der Waals surface area contributed by atoms with Gasteiger partial charge in [0.2, 0.25) is 0 Å². The molecule has 0 amide bonds. The summed E-state index contributed by atoms with van der Waals surface area (Å²) >= 11 is 0. The van der Waals surface area contributed by atoms with Crippen LogP contribution in [-0.4, -0.2) is 37.9 Å². The molecule has 1 saturated heterocycles. The van der Waals surface area contributed by atoms with E-state index in [2.05, 4.69) is 0 Å². The van der Waals surface area contributed by atoms with Crippen molar-refractivity contribution in [2.45, 2.75) is 53.1 Å². The lowest BCUT2D eigenvalue weighted by Crippen LogP contribution is -2.31. The predicted octanol–water partition coefficient (Wildman–Crippen LogP) is 2.32. The zero-order valence-electron chi connectivity index (χ0n) is 12.9. The number of ether oxygens (including phenoxy) is 3. The van der Waals surface area contributed by atoms with E-state index in [4.69, 9.17) is 14.2 Å². The van der Waals surface area contributed by atoms with Crippen molar-refractivity contribution in [1.29, 1.82) is 0 Å². The largest absolute Gasteiger partial charge is 0.465 e. The first-order valence-corrected chi connectivity index (χ1v) is 7.32. The van der Waals surface area contributed by atoms with Gasteiger partial charge < -0.3 is 14.2 Å². The Morgan fingerprint density at radius 3 is 2.55 bits per heavy atom. The molecule has 0 radical (unpaired) electrons. The van der Waals surface area contributed by atoms with Gasteiger partial charge in [0, 0.05) is 0 Å². The minimum absolute atomic E-state index is 0.0677. The molecule has 1 fully saturated rings. The predicted molar refractivity (Wildman–Crippen MR) is 74.1 cm³/mol. The highest BCUT2D eigenvalue weighted by Crippen LogP contribution is 2.28. The van der Waals surface area contributed by atoms with Gasteiger partial charge in [0.15, 0.2) is 0 Å². The van der Waals surface area contributed by atoms with Crippen LogP contribution in [0.1, 0.15) is 47.0 Å². The zero-order chi connectivity index (χ0) is 15.2. The van der Waals surface area contributed by atoms with Gasteiger partial charge in [-0.2, -0.15) is 0 Å². The molecule has 0 bridgehead atoms. The molecule has 0 spiro atoms. The number of hydrogen-bond donors (Lipinski definition) is 0. The lowest BCUT2D eigenvalue weighted by atomic mass is 9.83. The lowest BCUT2D eigenvalue weighted by molar-refractivity contribution is -0.157. The van der Waals surface area contributed by atoms with Gasteiger partial charge in [0.05, 0.1) is 24.5 Å². The lowest BCUT2D eigenvalue weighted by Gasteiger charge is -2.25. The quantitative estimate of drug-likeness (QED) is 0.370. The van der Waals surface area contributed by atoms with E-state index in [-0.39, 0.29) is 24.0 Å². The number of esters is 2. The molecular formula is C15H26O5. The van der Waals surface area contributed by atoms with Crippen molar-refractivity contribution in [1.82, 2.24) is 0 Å². The molecule has 116 valence electrons. The molecule has 1 aliphatic heterocycles. The van der Waals surface area contributed by atoms with E-state index in [1.807, 2.05) is 6.92 Å². The molecular weight excluding hydrogens is 260 g/mol. The number of epoxide rings is 1. The van der Waals surface area contributed by atoms with Gasteiger partial charge >= 0.3 is 11.9 Å². The SMILES string of the molecule is CCCCOC(=O)C(C)(C)CC(C)C(=O)OCC1CO1. The Morgan fingerprint density at radius 1 is 1.35 bits per heavy atom. The molecule has 1 heterocycles. The third-order valence-electron chi connectivity index (χ3n) is 3.32. The third-order valence-corrected chi connectivity index (χ3v) is 3.32. The molecule has 2 atom stereocenters. The summed E-state index contributed by atoms with van der Waals surface area (Å²) in [6.45, 7) is 8.83. The summed E-state index contributed by atoms with van der Waals surface area (Å²) in [5.41, 5.74) is -0.678. The standard InChI is InChI=1S/C15H26O5/c1-5-6-7-18-14(17)15(3,4)8-11(2)13(16)20-10-12-9-19-12/h11-12H,5-10H2,1-4H3. The first-order valence-electron chi connectivity index (χ1n) is 7.32. The van der Waals surface area contributed by atoms with Crippen molar-refractivity contribution in [2.24, 2.45) is 11.3 Å². The first-order chi connectivity index (χ1) is 9.36. The number of unbranched alkanes of at least 4 members (excludes halogenated alkanes) is 1. The second-order valence-electron chi connectivity index (χ2n) is 6.06. The Labute approximate surface area is 121 Å².